The molecule has 0 radical (unpaired) electrons. The van der Waals surface area contributed by atoms with Crippen LogP contribution >= 0.6 is 23.2 Å². The largest absolute Gasteiger partial charge is 0.490 e. The molecule has 318 valence electrons. The molecular weight excluding hydrogens is 863 g/mol. The summed E-state index contributed by atoms with van der Waals surface area (Å²) in [5.74, 6) is -7.61. The molecule has 8 atom stereocenters. The van der Waals surface area contributed by atoms with Crippen LogP contribution in [-0.4, -0.2) is 77.9 Å². The van der Waals surface area contributed by atoms with Crippen LogP contribution in [0.4, 0.5) is 17.6 Å². The van der Waals surface area contributed by atoms with Gasteiger partial charge in [-0.05, 0) is 98.5 Å². The van der Waals surface area contributed by atoms with Gasteiger partial charge in [0.15, 0.2) is 42.8 Å². The standard InChI is InChI=1S/C21H21ClF2O5S.C20H19ClF2O5S/c1-28-10-14-15-11-29-20-17(24)7-6-16(23)19(20)21(15,9-8-18(14)25)30(26,27)13-4-2-12(22)3-5-13;21-11-1-3-12(4-2-11)29(26,27)20-8-7-17(25)13(9-24)14(20)10-28-19-16(23)6-5-15(22)18(19)20/h2-7,14-15,18,25H,8-11H2,1H3;1-6,13-14,17,24-25H,7-10H2/t14-,15-,18+,21-;13-,14-,17+,20-/m00/s1. The molecular formula is C41H40Cl2F4O10S2. The van der Waals surface area contributed by atoms with Gasteiger partial charge in [0, 0.05) is 47.4 Å². The van der Waals surface area contributed by atoms with Gasteiger partial charge < -0.3 is 29.5 Å². The second kappa shape index (κ2) is 16.4. The minimum atomic E-state index is -4.29. The van der Waals surface area contributed by atoms with Gasteiger partial charge in [-0.25, -0.2) is 34.4 Å². The fraction of sp³-hybridized carbons (Fsp3) is 0.415. The number of rotatable bonds is 7. The lowest BCUT2D eigenvalue weighted by Gasteiger charge is -2.51. The lowest BCUT2D eigenvalue weighted by atomic mass is 9.66. The molecule has 0 bridgehead atoms. The van der Waals surface area contributed by atoms with Crippen molar-refractivity contribution in [1.29, 1.82) is 0 Å². The van der Waals surface area contributed by atoms with Crippen molar-refractivity contribution in [3.63, 3.8) is 0 Å². The van der Waals surface area contributed by atoms with Crippen molar-refractivity contribution in [2.45, 2.75) is 57.2 Å². The third kappa shape index (κ3) is 6.91. The number of ether oxygens (including phenoxy) is 3. The molecule has 0 unspecified atom stereocenters. The number of aliphatic hydroxyl groups excluding tert-OH is 3. The van der Waals surface area contributed by atoms with Gasteiger partial charge in [0.1, 0.15) is 21.1 Å². The molecule has 2 saturated carbocycles. The van der Waals surface area contributed by atoms with Crippen LogP contribution in [0.15, 0.2) is 82.6 Å². The van der Waals surface area contributed by atoms with Crippen LogP contribution in [0.25, 0.3) is 0 Å². The number of hydrogen-bond acceptors (Lipinski definition) is 10. The zero-order valence-electron chi connectivity index (χ0n) is 31.3. The molecule has 2 aliphatic carbocycles. The first kappa shape index (κ1) is 43.6. The lowest BCUT2D eigenvalue weighted by Crippen LogP contribution is -2.58. The van der Waals surface area contributed by atoms with Crippen molar-refractivity contribution < 1.29 is 63.9 Å². The summed E-state index contributed by atoms with van der Waals surface area (Å²) < 4.78 is 128. The number of hydrogen-bond donors (Lipinski definition) is 3. The zero-order chi connectivity index (χ0) is 42.7. The lowest BCUT2D eigenvalue weighted by molar-refractivity contribution is -0.0517. The molecule has 4 aliphatic rings. The molecule has 0 aromatic heterocycles. The minimum absolute atomic E-state index is 0.00391. The van der Waals surface area contributed by atoms with Crippen molar-refractivity contribution in [2.75, 3.05) is 33.5 Å². The molecule has 4 aromatic rings. The van der Waals surface area contributed by atoms with Crippen LogP contribution in [0, 0.1) is 46.9 Å². The van der Waals surface area contributed by atoms with E-state index in [4.69, 9.17) is 37.4 Å². The predicted molar refractivity (Wildman–Crippen MR) is 208 cm³/mol. The molecule has 0 saturated heterocycles. The summed E-state index contributed by atoms with van der Waals surface area (Å²) in [5.41, 5.74) is -0.698. The summed E-state index contributed by atoms with van der Waals surface area (Å²) in [5, 5.41) is 31.5. The second-order valence-corrected chi connectivity index (χ2v) is 20.5. The molecule has 3 N–H and O–H groups in total. The molecule has 2 aliphatic heterocycles. The minimum Gasteiger partial charge on any atom is -0.490 e. The van der Waals surface area contributed by atoms with Crippen LogP contribution in [0.5, 0.6) is 11.5 Å². The third-order valence-corrected chi connectivity index (χ3v) is 18.0. The first-order valence-corrected chi connectivity index (χ1v) is 22.4. The Morgan fingerprint density at radius 2 is 1.02 bits per heavy atom. The van der Waals surface area contributed by atoms with Gasteiger partial charge in [0.25, 0.3) is 0 Å². The van der Waals surface area contributed by atoms with Gasteiger partial charge in [-0.1, -0.05) is 23.2 Å². The molecule has 0 spiro atoms. The van der Waals surface area contributed by atoms with Gasteiger partial charge >= 0.3 is 0 Å². The van der Waals surface area contributed by atoms with E-state index in [-0.39, 0.29) is 66.4 Å². The summed E-state index contributed by atoms with van der Waals surface area (Å²) in [4.78, 5) is -0.155. The van der Waals surface area contributed by atoms with Crippen molar-refractivity contribution >= 4 is 42.9 Å². The Balaban J connectivity index is 0.000000179. The number of halogens is 6. The van der Waals surface area contributed by atoms with Crippen LogP contribution in [-0.2, 0) is 33.9 Å². The normalized spacial score (nSPS) is 28.6. The van der Waals surface area contributed by atoms with E-state index in [2.05, 4.69) is 0 Å². The smallest absolute Gasteiger partial charge is 0.188 e. The van der Waals surface area contributed by atoms with E-state index in [1.54, 1.807) is 0 Å². The topological polar surface area (TPSA) is 157 Å². The highest BCUT2D eigenvalue weighted by atomic mass is 35.5. The first-order valence-electron chi connectivity index (χ1n) is 18.7. The Hall–Kier alpha value is -3.48. The van der Waals surface area contributed by atoms with E-state index in [1.807, 2.05) is 0 Å². The summed E-state index contributed by atoms with van der Waals surface area (Å²) in [6, 6.07) is 14.6. The van der Waals surface area contributed by atoms with E-state index in [0.29, 0.717) is 10.0 Å². The van der Waals surface area contributed by atoms with Crippen LogP contribution in [0.3, 0.4) is 0 Å². The van der Waals surface area contributed by atoms with Crippen molar-refractivity contribution in [1.82, 2.24) is 0 Å². The van der Waals surface area contributed by atoms with Gasteiger partial charge in [-0.15, -0.1) is 0 Å². The second-order valence-electron chi connectivity index (χ2n) is 15.2. The summed E-state index contributed by atoms with van der Waals surface area (Å²) >= 11 is 11.8. The number of methoxy groups -OCH3 is 1. The predicted octanol–water partition coefficient (Wildman–Crippen LogP) is 6.77. The quantitative estimate of drug-likeness (QED) is 0.169. The van der Waals surface area contributed by atoms with Gasteiger partial charge in [-0.3, -0.25) is 0 Å². The molecule has 2 fully saturated rings. The monoisotopic (exact) mass is 902 g/mol. The van der Waals surface area contributed by atoms with Crippen LogP contribution in [0.2, 0.25) is 10.0 Å². The van der Waals surface area contributed by atoms with Gasteiger partial charge in [-0.2, -0.15) is 0 Å². The number of sulfone groups is 2. The molecule has 2 heterocycles. The Labute approximate surface area is 348 Å². The fourth-order valence-corrected chi connectivity index (χ4v) is 14.7. The first-order chi connectivity index (χ1) is 28.0. The maximum Gasteiger partial charge on any atom is 0.188 e. The Bertz CT molecular complexity index is 2440. The van der Waals surface area contributed by atoms with Crippen LogP contribution < -0.4 is 9.47 Å². The van der Waals surface area contributed by atoms with Gasteiger partial charge in [0.05, 0.1) is 52.9 Å². The third-order valence-electron chi connectivity index (χ3n) is 12.4. The molecule has 8 rings (SSSR count). The van der Waals surface area contributed by atoms with E-state index >= 15 is 8.78 Å². The Morgan fingerprint density at radius 3 is 1.41 bits per heavy atom. The molecule has 0 amide bonds. The Kier molecular flexibility index (Phi) is 12.1. The average molecular weight is 904 g/mol. The van der Waals surface area contributed by atoms with E-state index in [1.165, 1.54) is 55.6 Å². The zero-order valence-corrected chi connectivity index (χ0v) is 34.5. The molecule has 59 heavy (non-hydrogen) atoms. The summed E-state index contributed by atoms with van der Waals surface area (Å²) in [7, 11) is -7.09. The Morgan fingerprint density at radius 1 is 0.644 bits per heavy atom. The number of benzene rings is 4. The van der Waals surface area contributed by atoms with Gasteiger partial charge in [0.2, 0.25) is 0 Å². The van der Waals surface area contributed by atoms with E-state index < -0.39 is 106 Å². The van der Waals surface area contributed by atoms with Crippen molar-refractivity contribution in [2.24, 2.45) is 23.7 Å². The van der Waals surface area contributed by atoms with Crippen molar-refractivity contribution in [3.05, 3.63) is 117 Å². The maximum atomic E-state index is 15.2. The van der Waals surface area contributed by atoms with E-state index in [9.17, 15) is 40.9 Å². The molecule has 10 nitrogen and oxygen atoms in total. The number of fused-ring (bicyclic) bond motifs is 6. The van der Waals surface area contributed by atoms with Crippen molar-refractivity contribution in [3.8, 4) is 11.5 Å². The summed E-state index contributed by atoms with van der Waals surface area (Å²) in [6.07, 6.45) is -1.97. The average Bonchev–Trinajstić information content (AvgIpc) is 3.21. The van der Waals surface area contributed by atoms with Crippen LogP contribution in [0.1, 0.15) is 36.8 Å². The molecule has 18 heteroatoms. The number of aliphatic hydroxyl groups is 3. The highest BCUT2D eigenvalue weighted by Crippen LogP contribution is 2.59. The van der Waals surface area contributed by atoms with E-state index in [0.717, 1.165) is 24.3 Å². The highest BCUT2D eigenvalue weighted by Gasteiger charge is 2.64. The highest BCUT2D eigenvalue weighted by molar-refractivity contribution is 7.92. The SMILES string of the molecule is COC[C@@H]1[C@H](O)CC[C@@]2(S(=O)(=O)c3ccc(Cl)cc3)c3c(F)ccc(F)c3OC[C@@H]12.O=S(=O)(c1ccc(Cl)cc1)[C@@]12CC[C@@H](O)[C@@H](CO)[C@@H]1COc1c(F)ccc(F)c12. The molecule has 4 aromatic carbocycles. The summed E-state index contributed by atoms with van der Waals surface area (Å²) in [6.45, 7) is -0.924. The maximum absolute atomic E-state index is 15.2. The fourth-order valence-electron chi connectivity index (χ4n) is 9.62.